The van der Waals surface area contributed by atoms with E-state index in [1.165, 1.54) is 31.2 Å². The van der Waals surface area contributed by atoms with Crippen molar-refractivity contribution in [2.45, 2.75) is 18.2 Å². The summed E-state index contributed by atoms with van der Waals surface area (Å²) in [5.74, 6) is -3.08. The van der Waals surface area contributed by atoms with E-state index in [0.717, 1.165) is 11.8 Å². The van der Waals surface area contributed by atoms with E-state index in [1.807, 2.05) is 4.72 Å². The van der Waals surface area contributed by atoms with Gasteiger partial charge in [0.25, 0.3) is 21.8 Å². The van der Waals surface area contributed by atoms with Crippen molar-refractivity contribution in [3.05, 3.63) is 59.4 Å². The van der Waals surface area contributed by atoms with Gasteiger partial charge in [0.15, 0.2) is 0 Å². The average Bonchev–Trinajstić information content (AvgIpc) is 2.72. The third kappa shape index (κ3) is 7.19. The Kier molecular flexibility index (Phi) is 7.80. The van der Waals surface area contributed by atoms with Crippen molar-refractivity contribution in [1.29, 1.82) is 0 Å². The van der Waals surface area contributed by atoms with Crippen molar-refractivity contribution in [3.8, 4) is 0 Å². The number of nitrogens with one attached hydrogen (secondary N) is 3. The van der Waals surface area contributed by atoms with Crippen molar-refractivity contribution >= 4 is 33.7 Å². The highest BCUT2D eigenvalue weighted by atomic mass is 32.2. The number of aliphatic carboxylic acids is 1. The van der Waals surface area contributed by atoms with E-state index in [9.17, 15) is 27.6 Å². The average molecular weight is 448 g/mol. The van der Waals surface area contributed by atoms with E-state index in [4.69, 9.17) is 5.11 Å². The van der Waals surface area contributed by atoms with Crippen LogP contribution in [0.2, 0.25) is 0 Å². The lowest BCUT2D eigenvalue weighted by Gasteiger charge is -2.08. The Morgan fingerprint density at radius 2 is 1.65 bits per heavy atom. The van der Waals surface area contributed by atoms with Crippen LogP contribution in [0.3, 0.4) is 0 Å². The lowest BCUT2D eigenvalue weighted by Crippen LogP contribution is -2.31. The van der Waals surface area contributed by atoms with Gasteiger partial charge in [-0.05, 0) is 36.2 Å². The second-order valence-electron chi connectivity index (χ2n) is 6.32. The predicted molar refractivity (Wildman–Crippen MR) is 108 cm³/mol. The number of pyridine rings is 1. The van der Waals surface area contributed by atoms with Crippen molar-refractivity contribution in [1.82, 2.24) is 20.3 Å². The minimum absolute atomic E-state index is 0.106. The molecule has 1 heterocycles. The third-order valence-electron chi connectivity index (χ3n) is 3.91. The van der Waals surface area contributed by atoms with Crippen LogP contribution in [0.4, 0.5) is 0 Å². The van der Waals surface area contributed by atoms with Crippen LogP contribution in [0, 0.1) is 0 Å². The number of carboxylic acid groups (broad SMARTS) is 1. The molecule has 0 fully saturated rings. The third-order valence-corrected chi connectivity index (χ3v) is 5.25. The quantitative estimate of drug-likeness (QED) is 0.404. The number of hydrogen-bond donors (Lipinski definition) is 4. The zero-order valence-corrected chi connectivity index (χ0v) is 17.2. The molecule has 0 radical (unpaired) electrons. The summed E-state index contributed by atoms with van der Waals surface area (Å²) in [5.41, 5.74) is 0.570. The highest BCUT2D eigenvalue weighted by molar-refractivity contribution is 7.90. The van der Waals surface area contributed by atoms with Gasteiger partial charge in [0.05, 0.1) is 10.5 Å². The highest BCUT2D eigenvalue weighted by Crippen LogP contribution is 2.12. The van der Waals surface area contributed by atoms with Gasteiger partial charge in [-0.3, -0.25) is 24.2 Å². The summed E-state index contributed by atoms with van der Waals surface area (Å²) in [6.45, 7) is 1.22. The first kappa shape index (κ1) is 23.5. The molecule has 0 saturated heterocycles. The van der Waals surface area contributed by atoms with Gasteiger partial charge < -0.3 is 15.7 Å². The summed E-state index contributed by atoms with van der Waals surface area (Å²) in [7, 11) is -4.14. The second-order valence-corrected chi connectivity index (χ2v) is 8.00. The molecule has 164 valence electrons. The van der Waals surface area contributed by atoms with Crippen molar-refractivity contribution in [2.75, 3.05) is 13.1 Å². The van der Waals surface area contributed by atoms with Crippen LogP contribution < -0.4 is 15.4 Å². The maximum absolute atomic E-state index is 12.4. The molecule has 0 saturated carbocycles. The Hall–Kier alpha value is -3.80. The summed E-state index contributed by atoms with van der Waals surface area (Å²) in [4.78, 5) is 48.9. The number of amides is 3. The number of carbonyl (C=O) groups excluding carboxylic acids is 3. The molecule has 0 unspecified atom stereocenters. The molecule has 0 aliphatic rings. The minimum Gasteiger partial charge on any atom is -0.480 e. The molecule has 2 aromatic rings. The van der Waals surface area contributed by atoms with Crippen LogP contribution in [0.25, 0.3) is 0 Å². The molecule has 0 aliphatic heterocycles. The van der Waals surface area contributed by atoms with Gasteiger partial charge in [-0.25, -0.2) is 13.1 Å². The van der Waals surface area contributed by atoms with E-state index in [-0.39, 0.29) is 22.1 Å². The molecule has 3 amide bonds. The Morgan fingerprint density at radius 3 is 2.19 bits per heavy atom. The Morgan fingerprint density at radius 1 is 0.968 bits per heavy atom. The number of hydrogen-bond acceptors (Lipinski definition) is 7. The fraction of sp³-hybridized carbons (Fsp3) is 0.211. The minimum atomic E-state index is -4.14. The summed E-state index contributed by atoms with van der Waals surface area (Å²) >= 11 is 0. The van der Waals surface area contributed by atoms with Crippen LogP contribution in [0.15, 0.2) is 47.5 Å². The van der Waals surface area contributed by atoms with Crippen molar-refractivity contribution in [2.24, 2.45) is 0 Å². The fourth-order valence-electron chi connectivity index (χ4n) is 2.37. The molecule has 12 heteroatoms. The molecule has 1 aromatic carbocycles. The molecule has 0 bridgehead atoms. The summed E-state index contributed by atoms with van der Waals surface area (Å²) in [5, 5.41) is 13.3. The molecule has 11 nitrogen and oxygen atoms in total. The number of aromatic nitrogens is 1. The SMILES string of the molecule is CC(=O)NCCc1ccc(S(=O)(=O)NC(=O)c2ccc(C(=O)NCC(=O)O)nc2)cc1. The Labute approximate surface area is 177 Å². The normalized spacial score (nSPS) is 10.7. The summed E-state index contributed by atoms with van der Waals surface area (Å²) in [6, 6.07) is 8.20. The topological polar surface area (TPSA) is 172 Å². The number of carbonyl (C=O) groups is 4. The van der Waals surface area contributed by atoms with Gasteiger partial charge in [0.2, 0.25) is 5.91 Å². The van der Waals surface area contributed by atoms with E-state index in [2.05, 4.69) is 15.6 Å². The molecule has 2 rings (SSSR count). The molecule has 0 spiro atoms. The number of rotatable bonds is 9. The van der Waals surface area contributed by atoms with Gasteiger partial charge in [-0.1, -0.05) is 12.1 Å². The van der Waals surface area contributed by atoms with Crippen LogP contribution in [0.5, 0.6) is 0 Å². The van der Waals surface area contributed by atoms with Crippen molar-refractivity contribution < 1.29 is 32.7 Å². The van der Waals surface area contributed by atoms with E-state index >= 15 is 0 Å². The lowest BCUT2D eigenvalue weighted by molar-refractivity contribution is -0.135. The Balaban J connectivity index is 2.01. The van der Waals surface area contributed by atoms with Gasteiger partial charge in [-0.2, -0.15) is 0 Å². The van der Waals surface area contributed by atoms with E-state index in [0.29, 0.717) is 13.0 Å². The molecule has 4 N–H and O–H groups in total. The van der Waals surface area contributed by atoms with Gasteiger partial charge in [-0.15, -0.1) is 0 Å². The van der Waals surface area contributed by atoms with E-state index < -0.39 is 34.4 Å². The number of benzene rings is 1. The Bertz CT molecular complexity index is 1080. The standard InChI is InChI=1S/C19H20N4O7S/c1-12(24)20-9-8-13-2-5-15(6-3-13)31(29,30)23-18(27)14-4-7-16(21-10-14)19(28)22-11-17(25)26/h2-7,10H,8-9,11H2,1H3,(H,20,24)(H,22,28)(H,23,27)(H,25,26). The van der Waals surface area contributed by atoms with Crippen LogP contribution in [-0.2, 0) is 26.0 Å². The first-order valence-corrected chi connectivity index (χ1v) is 10.4. The first-order valence-electron chi connectivity index (χ1n) is 8.95. The van der Waals surface area contributed by atoms with E-state index in [1.54, 1.807) is 12.1 Å². The number of sulfonamides is 1. The monoisotopic (exact) mass is 448 g/mol. The maximum Gasteiger partial charge on any atom is 0.322 e. The zero-order chi connectivity index (χ0) is 23.0. The second kappa shape index (κ2) is 10.3. The lowest BCUT2D eigenvalue weighted by atomic mass is 10.1. The molecule has 1 aromatic heterocycles. The largest absolute Gasteiger partial charge is 0.480 e. The fourth-order valence-corrected chi connectivity index (χ4v) is 3.34. The number of carboxylic acids is 1. The van der Waals surface area contributed by atoms with Gasteiger partial charge in [0.1, 0.15) is 12.2 Å². The molecule has 0 aliphatic carbocycles. The zero-order valence-electron chi connectivity index (χ0n) is 16.4. The summed E-state index contributed by atoms with van der Waals surface area (Å²) < 4.78 is 26.8. The highest BCUT2D eigenvalue weighted by Gasteiger charge is 2.19. The smallest absolute Gasteiger partial charge is 0.322 e. The maximum atomic E-state index is 12.4. The number of nitrogens with zero attached hydrogens (tertiary/aromatic N) is 1. The van der Waals surface area contributed by atoms with Crippen LogP contribution >= 0.6 is 0 Å². The summed E-state index contributed by atoms with van der Waals surface area (Å²) in [6.07, 6.45) is 1.52. The van der Waals surface area contributed by atoms with Gasteiger partial charge in [0, 0.05) is 19.7 Å². The van der Waals surface area contributed by atoms with Crippen LogP contribution in [-0.4, -0.2) is 55.3 Å². The molecular formula is C19H20N4O7S. The van der Waals surface area contributed by atoms with Crippen LogP contribution in [0.1, 0.15) is 33.3 Å². The molecule has 31 heavy (non-hydrogen) atoms. The van der Waals surface area contributed by atoms with Crippen molar-refractivity contribution in [3.63, 3.8) is 0 Å². The first-order chi connectivity index (χ1) is 14.6. The van der Waals surface area contributed by atoms with Gasteiger partial charge >= 0.3 is 5.97 Å². The molecule has 0 atom stereocenters. The predicted octanol–water partition coefficient (Wildman–Crippen LogP) is -0.307. The molecular weight excluding hydrogens is 428 g/mol.